The average molecular weight is 198 g/mol. The highest BCUT2D eigenvalue weighted by Crippen LogP contribution is 2.43. The molecule has 2 aromatic rings. The fourth-order valence-electron chi connectivity index (χ4n) is 2.33. The minimum absolute atomic E-state index is 0.369. The second kappa shape index (κ2) is 2.79. The molecule has 1 unspecified atom stereocenters. The molecule has 3 rings (SSSR count). The summed E-state index contributed by atoms with van der Waals surface area (Å²) in [6.07, 6.45) is -0.369. The van der Waals surface area contributed by atoms with Crippen molar-refractivity contribution in [2.75, 3.05) is 11.9 Å². The van der Waals surface area contributed by atoms with E-state index in [2.05, 4.69) is 17.3 Å². The Kier molecular flexibility index (Phi) is 1.57. The van der Waals surface area contributed by atoms with Crippen LogP contribution in [0.4, 0.5) is 5.69 Å². The van der Waals surface area contributed by atoms with Gasteiger partial charge in [-0.1, -0.05) is 30.3 Å². The van der Waals surface area contributed by atoms with Crippen molar-refractivity contribution < 1.29 is 0 Å². The van der Waals surface area contributed by atoms with Gasteiger partial charge < -0.3 is 4.90 Å². The quantitative estimate of drug-likeness (QED) is 0.660. The highest BCUT2D eigenvalue weighted by molar-refractivity contribution is 6.00. The largest absolute Gasteiger partial charge is 0.346 e. The topological polar surface area (TPSA) is 32.7 Å². The van der Waals surface area contributed by atoms with Gasteiger partial charge in [0, 0.05) is 23.7 Å². The predicted molar refractivity (Wildman–Crippen MR) is 60.9 cm³/mol. The molecule has 0 aromatic heterocycles. The minimum Gasteiger partial charge on any atom is -0.346 e. The Labute approximate surface area is 87.3 Å². The maximum absolute atomic E-state index is 10.8. The molecule has 2 aromatic carbocycles. The zero-order chi connectivity index (χ0) is 10.4. The van der Waals surface area contributed by atoms with Crippen LogP contribution in [0, 0.1) is 4.91 Å². The molecule has 1 aliphatic rings. The van der Waals surface area contributed by atoms with Crippen molar-refractivity contribution in [3.63, 3.8) is 0 Å². The molecular formula is C12H10N2O. The van der Waals surface area contributed by atoms with E-state index in [0.29, 0.717) is 0 Å². The van der Waals surface area contributed by atoms with Gasteiger partial charge in [-0.05, 0) is 16.6 Å². The summed E-state index contributed by atoms with van der Waals surface area (Å²) in [6, 6.07) is 12.1. The molecule has 0 N–H and O–H groups in total. The normalized spacial score (nSPS) is 18.5. The minimum atomic E-state index is -0.369. The van der Waals surface area contributed by atoms with Gasteiger partial charge in [-0.2, -0.15) is 0 Å². The Morgan fingerprint density at radius 3 is 2.67 bits per heavy atom. The smallest absolute Gasteiger partial charge is 0.189 e. The summed E-state index contributed by atoms with van der Waals surface area (Å²) in [5.74, 6) is 0. The summed E-state index contributed by atoms with van der Waals surface area (Å²) in [4.78, 5) is 12.8. The van der Waals surface area contributed by atoms with Crippen LogP contribution in [0.15, 0.2) is 41.6 Å². The second-order valence-corrected chi connectivity index (χ2v) is 3.81. The van der Waals surface area contributed by atoms with E-state index >= 15 is 0 Å². The molecule has 0 radical (unpaired) electrons. The third kappa shape index (κ3) is 0.947. The average Bonchev–Trinajstić information content (AvgIpc) is 2.55. The van der Waals surface area contributed by atoms with Crippen LogP contribution < -0.4 is 4.90 Å². The molecule has 0 amide bonds. The second-order valence-electron chi connectivity index (χ2n) is 3.81. The molecule has 3 heteroatoms. The Bertz CT molecular complexity index is 545. The van der Waals surface area contributed by atoms with E-state index in [1.807, 2.05) is 36.2 Å². The Morgan fingerprint density at radius 2 is 1.93 bits per heavy atom. The molecule has 0 saturated heterocycles. The number of hydrogen-bond acceptors (Lipinski definition) is 3. The molecule has 1 atom stereocenters. The van der Waals surface area contributed by atoms with Gasteiger partial charge in [0.25, 0.3) is 0 Å². The Balaban J connectivity index is 2.44. The van der Waals surface area contributed by atoms with E-state index in [1.54, 1.807) is 0 Å². The van der Waals surface area contributed by atoms with E-state index in [9.17, 15) is 4.91 Å². The summed E-state index contributed by atoms with van der Waals surface area (Å²) < 4.78 is 0. The molecule has 0 aliphatic carbocycles. The molecule has 0 bridgehead atoms. The molecule has 0 fully saturated rings. The predicted octanol–water partition coefficient (Wildman–Crippen LogP) is 3.05. The fraction of sp³-hybridized carbons (Fsp3) is 0.167. The van der Waals surface area contributed by atoms with Gasteiger partial charge in [0.1, 0.15) is 0 Å². The third-order valence-corrected chi connectivity index (χ3v) is 3.04. The molecule has 1 aliphatic heterocycles. The zero-order valence-corrected chi connectivity index (χ0v) is 8.34. The summed E-state index contributed by atoms with van der Waals surface area (Å²) in [5, 5.41) is 5.51. The van der Waals surface area contributed by atoms with Crippen molar-refractivity contribution in [1.29, 1.82) is 0 Å². The number of hydrogen-bond donors (Lipinski definition) is 0. The maximum Gasteiger partial charge on any atom is 0.189 e. The number of rotatable bonds is 1. The van der Waals surface area contributed by atoms with Crippen LogP contribution in [-0.4, -0.2) is 7.05 Å². The molecule has 0 saturated carbocycles. The lowest BCUT2D eigenvalue weighted by Gasteiger charge is -2.16. The molecule has 3 nitrogen and oxygen atoms in total. The van der Waals surface area contributed by atoms with E-state index in [4.69, 9.17) is 0 Å². The highest BCUT2D eigenvalue weighted by atomic mass is 16.3. The van der Waals surface area contributed by atoms with Gasteiger partial charge in [0.2, 0.25) is 0 Å². The van der Waals surface area contributed by atoms with Crippen molar-refractivity contribution in [3.05, 3.63) is 46.9 Å². The van der Waals surface area contributed by atoms with Gasteiger partial charge in [-0.15, -0.1) is 4.91 Å². The van der Waals surface area contributed by atoms with Crippen LogP contribution in [-0.2, 0) is 0 Å². The van der Waals surface area contributed by atoms with E-state index < -0.39 is 0 Å². The fourth-order valence-corrected chi connectivity index (χ4v) is 2.33. The number of nitroso groups, excluding NO2 is 1. The molecule has 74 valence electrons. The van der Waals surface area contributed by atoms with Crippen LogP contribution in [0.2, 0.25) is 0 Å². The van der Waals surface area contributed by atoms with Crippen molar-refractivity contribution in [3.8, 4) is 0 Å². The molecule has 15 heavy (non-hydrogen) atoms. The summed E-state index contributed by atoms with van der Waals surface area (Å²) in [7, 11) is 1.90. The monoisotopic (exact) mass is 198 g/mol. The highest BCUT2D eigenvalue weighted by Gasteiger charge is 2.29. The number of anilines is 1. The zero-order valence-electron chi connectivity index (χ0n) is 8.34. The van der Waals surface area contributed by atoms with Gasteiger partial charge in [0.05, 0.1) is 0 Å². The summed E-state index contributed by atoms with van der Waals surface area (Å²) in [6.45, 7) is 0. The number of nitrogens with zero attached hydrogens (tertiary/aromatic N) is 2. The number of benzene rings is 2. The van der Waals surface area contributed by atoms with Gasteiger partial charge in [-0.3, -0.25) is 0 Å². The van der Waals surface area contributed by atoms with Crippen molar-refractivity contribution in [2.24, 2.45) is 5.18 Å². The van der Waals surface area contributed by atoms with Gasteiger partial charge in [0.15, 0.2) is 6.17 Å². The van der Waals surface area contributed by atoms with E-state index in [1.165, 1.54) is 5.39 Å². The lowest BCUT2D eigenvalue weighted by Crippen LogP contribution is -2.16. The first kappa shape index (κ1) is 8.41. The maximum atomic E-state index is 10.8. The first-order chi connectivity index (χ1) is 7.33. The first-order valence-corrected chi connectivity index (χ1v) is 4.90. The Hall–Kier alpha value is -1.90. The van der Waals surface area contributed by atoms with Gasteiger partial charge in [-0.25, -0.2) is 0 Å². The van der Waals surface area contributed by atoms with Crippen LogP contribution in [0.25, 0.3) is 10.8 Å². The van der Waals surface area contributed by atoms with Gasteiger partial charge >= 0.3 is 0 Å². The lowest BCUT2D eigenvalue weighted by atomic mass is 10.1. The Morgan fingerprint density at radius 1 is 1.20 bits per heavy atom. The molecule has 0 spiro atoms. The lowest BCUT2D eigenvalue weighted by molar-refractivity contribution is 0.729. The van der Waals surface area contributed by atoms with Crippen LogP contribution >= 0.6 is 0 Å². The van der Waals surface area contributed by atoms with Crippen molar-refractivity contribution in [1.82, 2.24) is 0 Å². The molecule has 1 heterocycles. The standard InChI is InChI=1S/C12H10N2O/c1-14-10-7-3-5-8-4-2-6-9(11(8)10)12(14)13-15/h2-7,12H,1H3. The van der Waals surface area contributed by atoms with E-state index in [-0.39, 0.29) is 6.17 Å². The van der Waals surface area contributed by atoms with Crippen molar-refractivity contribution >= 4 is 16.5 Å². The summed E-state index contributed by atoms with van der Waals surface area (Å²) >= 11 is 0. The van der Waals surface area contributed by atoms with Crippen LogP contribution in [0.3, 0.4) is 0 Å². The van der Waals surface area contributed by atoms with E-state index in [0.717, 1.165) is 16.6 Å². The molecular weight excluding hydrogens is 188 g/mol. The third-order valence-electron chi connectivity index (χ3n) is 3.04. The van der Waals surface area contributed by atoms with Crippen LogP contribution in [0.5, 0.6) is 0 Å². The van der Waals surface area contributed by atoms with Crippen LogP contribution in [0.1, 0.15) is 11.7 Å². The van der Waals surface area contributed by atoms with Crippen molar-refractivity contribution in [2.45, 2.75) is 6.17 Å². The SMILES string of the molecule is CN1c2cccc3cccc(c23)C1N=O. The first-order valence-electron chi connectivity index (χ1n) is 4.90. The summed E-state index contributed by atoms with van der Waals surface area (Å²) in [5.41, 5.74) is 2.10.